The van der Waals surface area contributed by atoms with Crippen LogP contribution in [0.2, 0.25) is 0 Å². The van der Waals surface area contributed by atoms with Crippen molar-refractivity contribution in [2.45, 2.75) is 6.92 Å². The summed E-state index contributed by atoms with van der Waals surface area (Å²) >= 11 is 0. The molecule has 1 heterocycles. The molecule has 0 aliphatic rings. The number of benzene rings is 1. The summed E-state index contributed by atoms with van der Waals surface area (Å²) < 4.78 is 4.94. The Labute approximate surface area is 115 Å². The first kappa shape index (κ1) is 13.6. The summed E-state index contributed by atoms with van der Waals surface area (Å²) in [5.74, 6) is -0.204. The molecule has 0 aliphatic carbocycles. The van der Waals surface area contributed by atoms with E-state index in [1.807, 2.05) is 0 Å². The second-order valence-corrected chi connectivity index (χ2v) is 4.23. The van der Waals surface area contributed by atoms with Gasteiger partial charge in [0.05, 0.1) is 5.69 Å². The molecule has 0 aliphatic heterocycles. The average Bonchev–Trinajstić information content (AvgIpc) is 2.91. The molecule has 1 aromatic carbocycles. The minimum atomic E-state index is -0.331. The Morgan fingerprint density at radius 2 is 2.20 bits per heavy atom. The third-order valence-electron chi connectivity index (χ3n) is 2.78. The zero-order chi connectivity index (χ0) is 14.7. The molecule has 0 bridgehead atoms. The van der Waals surface area contributed by atoms with Crippen molar-refractivity contribution in [3.8, 4) is 0 Å². The first-order valence-corrected chi connectivity index (χ1v) is 5.82. The number of anilines is 1. The summed E-state index contributed by atoms with van der Waals surface area (Å²) in [7, 11) is 1.60. The van der Waals surface area contributed by atoms with Crippen LogP contribution >= 0.6 is 0 Å². The van der Waals surface area contributed by atoms with E-state index in [-0.39, 0.29) is 17.5 Å². The molecule has 0 unspecified atom stereocenters. The van der Waals surface area contributed by atoms with Gasteiger partial charge in [-0.2, -0.15) is 0 Å². The number of nitrogens with two attached hydrogens (primary N) is 1. The Balaban J connectivity index is 2.29. The molecular formula is C13H14N4O3. The van der Waals surface area contributed by atoms with E-state index in [2.05, 4.69) is 10.3 Å². The number of hydrogen-bond donors (Lipinski definition) is 2. The lowest BCUT2D eigenvalue weighted by Gasteiger charge is -2.16. The maximum atomic E-state index is 12.2. The number of rotatable bonds is 3. The van der Waals surface area contributed by atoms with Crippen molar-refractivity contribution < 1.29 is 14.5 Å². The monoisotopic (exact) mass is 274 g/mol. The molecule has 0 atom stereocenters. The predicted molar refractivity (Wildman–Crippen MR) is 72.9 cm³/mol. The van der Waals surface area contributed by atoms with Crippen LogP contribution in [0.1, 0.15) is 21.8 Å². The van der Waals surface area contributed by atoms with Gasteiger partial charge in [0.15, 0.2) is 5.84 Å². The summed E-state index contributed by atoms with van der Waals surface area (Å²) in [6.45, 7) is 1.74. The molecule has 1 amide bonds. The van der Waals surface area contributed by atoms with Crippen LogP contribution in [0.4, 0.5) is 5.69 Å². The number of carbonyl (C=O) groups is 1. The van der Waals surface area contributed by atoms with E-state index in [1.54, 1.807) is 44.3 Å². The second-order valence-electron chi connectivity index (χ2n) is 4.23. The molecule has 2 rings (SSSR count). The number of nitrogens with zero attached hydrogens (tertiary/aromatic N) is 3. The molecule has 20 heavy (non-hydrogen) atoms. The highest BCUT2D eigenvalue weighted by Crippen LogP contribution is 2.17. The van der Waals surface area contributed by atoms with E-state index in [1.165, 1.54) is 4.90 Å². The quantitative estimate of drug-likeness (QED) is 0.380. The maximum absolute atomic E-state index is 12.2. The van der Waals surface area contributed by atoms with E-state index >= 15 is 0 Å². The summed E-state index contributed by atoms with van der Waals surface area (Å²) in [5, 5.41) is 15.3. The molecule has 2 aromatic rings. The Bertz CT molecular complexity index is 663. The number of carbonyl (C=O) groups excluding carboxylic acids is 1. The van der Waals surface area contributed by atoms with Gasteiger partial charge in [0.2, 0.25) is 5.76 Å². The third-order valence-corrected chi connectivity index (χ3v) is 2.78. The SMILES string of the molecule is Cc1cc(C(=O)N(C)c2cccc(C(N)=NO)c2)on1. The molecule has 0 spiro atoms. The van der Waals surface area contributed by atoms with Crippen molar-refractivity contribution in [2.24, 2.45) is 10.9 Å². The maximum Gasteiger partial charge on any atom is 0.296 e. The molecular weight excluding hydrogens is 260 g/mol. The van der Waals surface area contributed by atoms with Crippen molar-refractivity contribution in [3.63, 3.8) is 0 Å². The standard InChI is InChI=1S/C13H14N4O3/c1-8-6-11(20-16-8)13(18)17(2)10-5-3-4-9(7-10)12(14)15-19/h3-7,19H,1-2H3,(H2,14,15). The summed E-state index contributed by atoms with van der Waals surface area (Å²) in [6.07, 6.45) is 0. The van der Waals surface area contributed by atoms with Gasteiger partial charge in [-0.05, 0) is 19.1 Å². The van der Waals surface area contributed by atoms with Crippen molar-refractivity contribution >= 4 is 17.4 Å². The summed E-state index contributed by atoms with van der Waals surface area (Å²) in [4.78, 5) is 13.6. The first-order chi connectivity index (χ1) is 9.52. The smallest absolute Gasteiger partial charge is 0.296 e. The fraction of sp³-hybridized carbons (Fsp3) is 0.154. The summed E-state index contributed by atoms with van der Waals surface area (Å²) in [6, 6.07) is 8.31. The summed E-state index contributed by atoms with van der Waals surface area (Å²) in [5.41, 5.74) is 7.26. The van der Waals surface area contributed by atoms with E-state index in [9.17, 15) is 4.79 Å². The molecule has 7 heteroatoms. The largest absolute Gasteiger partial charge is 0.409 e. The molecule has 104 valence electrons. The number of hydrogen-bond acceptors (Lipinski definition) is 5. The van der Waals surface area contributed by atoms with Crippen LogP contribution in [-0.2, 0) is 0 Å². The highest BCUT2D eigenvalue weighted by atomic mass is 16.5. The zero-order valence-corrected chi connectivity index (χ0v) is 11.1. The lowest BCUT2D eigenvalue weighted by Crippen LogP contribution is -2.26. The van der Waals surface area contributed by atoms with Gasteiger partial charge in [0.25, 0.3) is 5.91 Å². The van der Waals surface area contributed by atoms with Crippen LogP contribution in [0.5, 0.6) is 0 Å². The molecule has 0 radical (unpaired) electrons. The fourth-order valence-electron chi connectivity index (χ4n) is 1.68. The Morgan fingerprint density at radius 1 is 1.45 bits per heavy atom. The molecule has 0 saturated heterocycles. The van der Waals surface area contributed by atoms with Crippen LogP contribution in [0.25, 0.3) is 0 Å². The van der Waals surface area contributed by atoms with Crippen LogP contribution < -0.4 is 10.6 Å². The van der Waals surface area contributed by atoms with Gasteiger partial charge in [-0.3, -0.25) is 4.79 Å². The number of amidine groups is 1. The van der Waals surface area contributed by atoms with Crippen LogP contribution in [0.15, 0.2) is 40.0 Å². The minimum absolute atomic E-state index is 0.0248. The predicted octanol–water partition coefficient (Wildman–Crippen LogP) is 1.35. The van der Waals surface area contributed by atoms with Crippen molar-refractivity contribution in [1.29, 1.82) is 0 Å². The lowest BCUT2D eigenvalue weighted by atomic mass is 10.1. The van der Waals surface area contributed by atoms with Crippen LogP contribution in [-0.4, -0.2) is 29.2 Å². The Hall–Kier alpha value is -2.83. The molecule has 7 nitrogen and oxygen atoms in total. The normalized spacial score (nSPS) is 11.4. The lowest BCUT2D eigenvalue weighted by molar-refractivity contribution is 0.0957. The van der Waals surface area contributed by atoms with E-state index in [4.69, 9.17) is 15.5 Å². The Morgan fingerprint density at radius 3 is 2.80 bits per heavy atom. The highest BCUT2D eigenvalue weighted by molar-refractivity contribution is 6.05. The number of oxime groups is 1. The van der Waals surface area contributed by atoms with Crippen molar-refractivity contribution in [1.82, 2.24) is 5.16 Å². The third kappa shape index (κ3) is 2.61. The van der Waals surface area contributed by atoms with Gasteiger partial charge in [0, 0.05) is 24.4 Å². The minimum Gasteiger partial charge on any atom is -0.409 e. The molecule has 0 fully saturated rings. The molecule has 1 aromatic heterocycles. The van der Waals surface area contributed by atoms with E-state index in [0.29, 0.717) is 16.9 Å². The van der Waals surface area contributed by atoms with Crippen molar-refractivity contribution in [2.75, 3.05) is 11.9 Å². The Kier molecular flexibility index (Phi) is 3.69. The van der Waals surface area contributed by atoms with Gasteiger partial charge < -0.3 is 20.4 Å². The number of amides is 1. The molecule has 0 saturated carbocycles. The van der Waals surface area contributed by atoms with E-state index in [0.717, 1.165) is 0 Å². The molecule has 3 N–H and O–H groups in total. The first-order valence-electron chi connectivity index (χ1n) is 5.82. The zero-order valence-electron chi connectivity index (χ0n) is 11.1. The topological polar surface area (TPSA) is 105 Å². The van der Waals surface area contributed by atoms with Crippen LogP contribution in [0, 0.1) is 6.92 Å². The van der Waals surface area contributed by atoms with E-state index < -0.39 is 0 Å². The fourth-order valence-corrected chi connectivity index (χ4v) is 1.68. The van der Waals surface area contributed by atoms with Gasteiger partial charge in [0.1, 0.15) is 0 Å². The highest BCUT2D eigenvalue weighted by Gasteiger charge is 2.18. The number of aryl methyl sites for hydroxylation is 1. The van der Waals surface area contributed by atoms with Crippen molar-refractivity contribution in [3.05, 3.63) is 47.3 Å². The van der Waals surface area contributed by atoms with Gasteiger partial charge >= 0.3 is 0 Å². The van der Waals surface area contributed by atoms with Gasteiger partial charge in [-0.25, -0.2) is 0 Å². The average molecular weight is 274 g/mol. The van der Waals surface area contributed by atoms with Gasteiger partial charge in [-0.15, -0.1) is 0 Å². The second kappa shape index (κ2) is 5.43. The number of aromatic nitrogens is 1. The van der Waals surface area contributed by atoms with Crippen LogP contribution in [0.3, 0.4) is 0 Å². The van der Waals surface area contributed by atoms with Gasteiger partial charge in [-0.1, -0.05) is 22.4 Å².